The molecule has 37 heavy (non-hydrogen) atoms. The molecule has 1 atom stereocenters. The minimum atomic E-state index is -1.32. The Hall–Kier alpha value is -4.08. The van der Waals surface area contributed by atoms with E-state index in [-0.39, 0.29) is 0 Å². The Labute approximate surface area is 219 Å². The molecule has 3 heteroatoms. The van der Waals surface area contributed by atoms with Gasteiger partial charge in [0.15, 0.2) is 0 Å². The molecule has 0 fully saturated rings. The minimum Gasteiger partial charge on any atom is -0.379 e. The molecule has 5 aromatic carbocycles. The van der Waals surface area contributed by atoms with E-state index >= 15 is 0 Å². The molecule has 0 bridgehead atoms. The van der Waals surface area contributed by atoms with Crippen molar-refractivity contribution in [2.75, 3.05) is 38.0 Å². The van der Waals surface area contributed by atoms with Gasteiger partial charge in [0, 0.05) is 39.6 Å². The molecule has 5 aromatic rings. The highest BCUT2D eigenvalue weighted by atomic mass is 16.3. The standard InChI is InChI=1S/C34H32N2O/c1-35(2)28-20-16-25(17-21-28)33(26-18-22-29(23-19-26)36(3)4)30-14-8-10-24-11-9-15-31(32(24)30)34(33,37)27-12-6-5-7-13-27/h5-23,37H,1-4H3. The van der Waals surface area contributed by atoms with Gasteiger partial charge in [-0.2, -0.15) is 0 Å². The smallest absolute Gasteiger partial charge is 0.133 e. The number of hydrogen-bond acceptors (Lipinski definition) is 3. The van der Waals surface area contributed by atoms with Crippen molar-refractivity contribution in [3.8, 4) is 0 Å². The summed E-state index contributed by atoms with van der Waals surface area (Å²) in [6.07, 6.45) is 0. The molecule has 6 rings (SSSR count). The Bertz CT molecular complexity index is 1510. The first-order valence-corrected chi connectivity index (χ1v) is 12.8. The lowest BCUT2D eigenvalue weighted by atomic mass is 9.59. The van der Waals surface area contributed by atoms with Crippen molar-refractivity contribution in [1.29, 1.82) is 0 Å². The Morgan fingerprint density at radius 1 is 0.486 bits per heavy atom. The van der Waals surface area contributed by atoms with Crippen molar-refractivity contribution in [2.24, 2.45) is 0 Å². The molecule has 0 aliphatic heterocycles. The van der Waals surface area contributed by atoms with E-state index < -0.39 is 11.0 Å². The second kappa shape index (κ2) is 8.50. The van der Waals surface area contributed by atoms with Gasteiger partial charge in [0.2, 0.25) is 0 Å². The SMILES string of the molecule is CN(C)c1ccc(C2(c3ccc(N(C)C)cc3)c3cccc4cccc(c34)C2(O)c2ccccc2)cc1. The van der Waals surface area contributed by atoms with Crippen LogP contribution in [0.15, 0.2) is 115 Å². The first-order chi connectivity index (χ1) is 17.9. The van der Waals surface area contributed by atoms with E-state index in [9.17, 15) is 5.11 Å². The van der Waals surface area contributed by atoms with Crippen LogP contribution in [0.5, 0.6) is 0 Å². The van der Waals surface area contributed by atoms with Crippen LogP contribution in [0.2, 0.25) is 0 Å². The highest BCUT2D eigenvalue weighted by Gasteiger charge is 2.61. The lowest BCUT2D eigenvalue weighted by molar-refractivity contribution is 0.0364. The van der Waals surface area contributed by atoms with Gasteiger partial charge in [0.05, 0.1) is 5.41 Å². The van der Waals surface area contributed by atoms with E-state index in [1.807, 2.05) is 18.2 Å². The van der Waals surface area contributed by atoms with Crippen LogP contribution >= 0.6 is 0 Å². The number of rotatable bonds is 5. The quantitative estimate of drug-likeness (QED) is 0.306. The summed E-state index contributed by atoms with van der Waals surface area (Å²) in [7, 11) is 8.21. The molecule has 0 radical (unpaired) electrons. The fourth-order valence-electron chi connectivity index (χ4n) is 6.32. The first-order valence-electron chi connectivity index (χ1n) is 12.8. The number of hydrogen-bond donors (Lipinski definition) is 1. The molecular weight excluding hydrogens is 452 g/mol. The Kier molecular flexibility index (Phi) is 5.36. The normalized spacial score (nSPS) is 17.6. The predicted octanol–water partition coefficient (Wildman–Crippen LogP) is 6.56. The van der Waals surface area contributed by atoms with Gasteiger partial charge in [-0.3, -0.25) is 0 Å². The lowest BCUT2D eigenvalue weighted by Crippen LogP contribution is -2.48. The minimum absolute atomic E-state index is 0.854. The van der Waals surface area contributed by atoms with Gasteiger partial charge in [-0.1, -0.05) is 91.0 Å². The van der Waals surface area contributed by atoms with Gasteiger partial charge < -0.3 is 14.9 Å². The van der Waals surface area contributed by atoms with E-state index in [4.69, 9.17) is 0 Å². The van der Waals surface area contributed by atoms with Crippen LogP contribution in [0.1, 0.15) is 27.8 Å². The highest BCUT2D eigenvalue weighted by Crippen LogP contribution is 2.62. The Balaban J connectivity index is 1.78. The van der Waals surface area contributed by atoms with E-state index in [0.717, 1.165) is 50.0 Å². The summed E-state index contributed by atoms with van der Waals surface area (Å²) in [5.41, 5.74) is 5.15. The Morgan fingerprint density at radius 3 is 1.46 bits per heavy atom. The largest absolute Gasteiger partial charge is 0.379 e. The fourth-order valence-corrected chi connectivity index (χ4v) is 6.32. The van der Waals surface area contributed by atoms with Crippen molar-refractivity contribution in [3.63, 3.8) is 0 Å². The first kappa shape index (κ1) is 23.3. The van der Waals surface area contributed by atoms with Crippen LogP contribution < -0.4 is 9.80 Å². The zero-order valence-corrected chi connectivity index (χ0v) is 21.8. The second-order valence-electron chi connectivity index (χ2n) is 10.4. The van der Waals surface area contributed by atoms with Gasteiger partial charge in [0.1, 0.15) is 5.60 Å². The van der Waals surface area contributed by atoms with Crippen LogP contribution in [-0.2, 0) is 11.0 Å². The zero-order valence-electron chi connectivity index (χ0n) is 21.8. The molecule has 1 unspecified atom stereocenters. The molecular formula is C34H32N2O. The van der Waals surface area contributed by atoms with Gasteiger partial charge in [0.25, 0.3) is 0 Å². The molecule has 0 saturated heterocycles. The summed E-state index contributed by atoms with van der Waals surface area (Å²) in [6, 6.07) is 40.3. The monoisotopic (exact) mass is 484 g/mol. The molecule has 184 valence electrons. The van der Waals surface area contributed by atoms with E-state index in [1.165, 1.54) is 0 Å². The molecule has 1 aliphatic carbocycles. The summed E-state index contributed by atoms with van der Waals surface area (Å²) in [5, 5.41) is 15.6. The molecule has 0 saturated carbocycles. The van der Waals surface area contributed by atoms with Crippen LogP contribution in [0.3, 0.4) is 0 Å². The van der Waals surface area contributed by atoms with Crippen molar-refractivity contribution >= 4 is 22.1 Å². The van der Waals surface area contributed by atoms with Gasteiger partial charge >= 0.3 is 0 Å². The second-order valence-corrected chi connectivity index (χ2v) is 10.4. The number of nitrogens with zero attached hydrogens (tertiary/aromatic N) is 2. The fraction of sp³-hybridized carbons (Fsp3) is 0.176. The van der Waals surface area contributed by atoms with Crippen LogP contribution in [0.25, 0.3) is 10.8 Å². The van der Waals surface area contributed by atoms with E-state index in [1.54, 1.807) is 0 Å². The third-order valence-electron chi connectivity index (χ3n) is 8.07. The highest BCUT2D eigenvalue weighted by molar-refractivity contribution is 5.97. The van der Waals surface area contributed by atoms with Crippen molar-refractivity contribution in [2.45, 2.75) is 11.0 Å². The molecule has 1 N–H and O–H groups in total. The molecule has 3 nitrogen and oxygen atoms in total. The third kappa shape index (κ3) is 3.17. The van der Waals surface area contributed by atoms with Crippen LogP contribution in [0.4, 0.5) is 11.4 Å². The van der Waals surface area contributed by atoms with Crippen molar-refractivity contribution in [3.05, 3.63) is 143 Å². The maximum Gasteiger partial charge on any atom is 0.133 e. The van der Waals surface area contributed by atoms with E-state index in [2.05, 4.69) is 135 Å². The summed E-state index contributed by atoms with van der Waals surface area (Å²) < 4.78 is 0. The number of anilines is 2. The maximum atomic E-state index is 13.4. The number of aliphatic hydroxyl groups is 1. The van der Waals surface area contributed by atoms with Crippen LogP contribution in [0, 0.1) is 0 Å². The van der Waals surface area contributed by atoms with Crippen molar-refractivity contribution < 1.29 is 5.11 Å². The average molecular weight is 485 g/mol. The summed E-state index contributed by atoms with van der Waals surface area (Å²) in [5.74, 6) is 0. The Morgan fingerprint density at radius 2 is 0.973 bits per heavy atom. The van der Waals surface area contributed by atoms with Gasteiger partial charge in [-0.25, -0.2) is 0 Å². The van der Waals surface area contributed by atoms with Crippen LogP contribution in [-0.4, -0.2) is 33.3 Å². The van der Waals surface area contributed by atoms with Gasteiger partial charge in [-0.15, -0.1) is 0 Å². The lowest BCUT2D eigenvalue weighted by Gasteiger charge is -2.45. The molecule has 0 aromatic heterocycles. The zero-order chi connectivity index (χ0) is 25.8. The van der Waals surface area contributed by atoms with Gasteiger partial charge in [-0.05, 0) is 62.9 Å². The third-order valence-corrected chi connectivity index (χ3v) is 8.07. The van der Waals surface area contributed by atoms with E-state index in [0.29, 0.717) is 0 Å². The summed E-state index contributed by atoms with van der Waals surface area (Å²) in [4.78, 5) is 4.21. The number of benzene rings is 5. The molecule has 1 aliphatic rings. The molecule has 0 spiro atoms. The summed E-state index contributed by atoms with van der Waals surface area (Å²) >= 11 is 0. The van der Waals surface area contributed by atoms with Crippen molar-refractivity contribution in [1.82, 2.24) is 0 Å². The topological polar surface area (TPSA) is 26.7 Å². The maximum absolute atomic E-state index is 13.4. The molecule has 0 amide bonds. The average Bonchev–Trinajstić information content (AvgIpc) is 3.17. The predicted molar refractivity (Wildman–Crippen MR) is 155 cm³/mol. The summed E-state index contributed by atoms with van der Waals surface area (Å²) in [6.45, 7) is 0. The molecule has 0 heterocycles.